The molecule has 0 amide bonds. The first-order chi connectivity index (χ1) is 13.3. The van der Waals surface area contributed by atoms with Crippen molar-refractivity contribution >= 4 is 16.1 Å². The van der Waals surface area contributed by atoms with E-state index in [1.54, 1.807) is 0 Å². The molecule has 3 N–H and O–H groups in total. The molecule has 1 unspecified atom stereocenters. The molecule has 0 saturated heterocycles. The standard InChI is InChI=1S/C18H34O2.C3H9NO3S/c1-2-3-4-5-6-7-8-9-10-11-12-13-14-15-16-17-18(19)20;1-3(4)8(5,6)7-2/h9-10H,2-8,11-17H2,1H3,(H,19,20);3H,4H2,1-2H3/b10-9-;. The Hall–Kier alpha value is -0.920. The van der Waals surface area contributed by atoms with Crippen LogP contribution in [0.4, 0.5) is 0 Å². The van der Waals surface area contributed by atoms with Crippen LogP contribution < -0.4 is 5.73 Å². The SMILES string of the molecule is CCCCCCCC/C=C\CCCCCCCC(=O)O.COS(=O)(=O)C(C)N. The van der Waals surface area contributed by atoms with E-state index in [-0.39, 0.29) is 0 Å². The molecule has 28 heavy (non-hydrogen) atoms. The molecule has 0 aromatic rings. The maximum Gasteiger partial charge on any atom is 0.303 e. The maximum absolute atomic E-state index is 10.4. The normalized spacial score (nSPS) is 12.6. The summed E-state index contributed by atoms with van der Waals surface area (Å²) in [4.78, 5) is 10.3. The maximum atomic E-state index is 10.4. The number of carboxylic acid groups (broad SMARTS) is 1. The van der Waals surface area contributed by atoms with Gasteiger partial charge in [0.05, 0.1) is 7.11 Å². The van der Waals surface area contributed by atoms with E-state index in [1.807, 2.05) is 0 Å². The van der Waals surface area contributed by atoms with E-state index < -0.39 is 21.5 Å². The molecule has 168 valence electrons. The summed E-state index contributed by atoms with van der Waals surface area (Å²) < 4.78 is 24.8. The third-order valence-electron chi connectivity index (χ3n) is 4.34. The average Bonchev–Trinajstić information content (AvgIpc) is 2.65. The molecular formula is C21H43NO5S. The molecule has 0 saturated carbocycles. The molecule has 0 rings (SSSR count). The van der Waals surface area contributed by atoms with Crippen LogP contribution >= 0.6 is 0 Å². The topological polar surface area (TPSA) is 107 Å². The highest BCUT2D eigenvalue weighted by Gasteiger charge is 2.13. The third kappa shape index (κ3) is 23.1. The molecule has 6 nitrogen and oxygen atoms in total. The van der Waals surface area contributed by atoms with E-state index in [9.17, 15) is 13.2 Å². The first-order valence-corrected chi connectivity index (χ1v) is 12.2. The lowest BCUT2D eigenvalue weighted by Gasteiger charge is -2.01. The lowest BCUT2D eigenvalue weighted by Crippen LogP contribution is -2.27. The van der Waals surface area contributed by atoms with Crippen molar-refractivity contribution in [3.63, 3.8) is 0 Å². The molecule has 0 aliphatic rings. The molecule has 0 aromatic carbocycles. The lowest BCUT2D eigenvalue weighted by molar-refractivity contribution is -0.137. The van der Waals surface area contributed by atoms with Crippen LogP contribution in [0, 0.1) is 0 Å². The molecule has 0 bridgehead atoms. The molecule has 0 radical (unpaired) electrons. The van der Waals surface area contributed by atoms with E-state index in [0.717, 1.165) is 20.0 Å². The highest BCUT2D eigenvalue weighted by atomic mass is 32.2. The number of carboxylic acids is 1. The van der Waals surface area contributed by atoms with Crippen LogP contribution in [-0.2, 0) is 19.1 Å². The molecule has 0 heterocycles. The fraction of sp³-hybridized carbons (Fsp3) is 0.857. The minimum atomic E-state index is -3.46. The second-order valence-corrected chi connectivity index (χ2v) is 9.16. The summed E-state index contributed by atoms with van der Waals surface area (Å²) in [6.45, 7) is 3.60. The van der Waals surface area contributed by atoms with Crippen molar-refractivity contribution in [2.45, 2.75) is 109 Å². The van der Waals surface area contributed by atoms with Gasteiger partial charge in [-0.25, -0.2) is 0 Å². The Morgan fingerprint density at radius 3 is 1.71 bits per heavy atom. The van der Waals surface area contributed by atoms with Gasteiger partial charge in [-0.05, 0) is 39.0 Å². The molecule has 0 aliphatic carbocycles. The van der Waals surface area contributed by atoms with Crippen LogP contribution in [0.5, 0.6) is 0 Å². The number of hydrogen-bond acceptors (Lipinski definition) is 5. The molecule has 0 fully saturated rings. The van der Waals surface area contributed by atoms with Crippen LogP contribution in [-0.4, -0.2) is 32.0 Å². The highest BCUT2D eigenvalue weighted by molar-refractivity contribution is 7.87. The predicted molar refractivity (Wildman–Crippen MR) is 117 cm³/mol. The van der Waals surface area contributed by atoms with Crippen LogP contribution in [0.1, 0.15) is 104 Å². The summed E-state index contributed by atoms with van der Waals surface area (Å²) >= 11 is 0. The summed E-state index contributed by atoms with van der Waals surface area (Å²) in [5, 5.41) is 7.57. The van der Waals surface area contributed by atoms with E-state index in [4.69, 9.17) is 10.8 Å². The predicted octanol–water partition coefficient (Wildman–Crippen LogP) is 5.38. The van der Waals surface area contributed by atoms with Gasteiger partial charge in [-0.15, -0.1) is 0 Å². The summed E-state index contributed by atoms with van der Waals surface area (Å²) in [5.41, 5.74) is 4.97. The minimum absolute atomic E-state index is 0.332. The Labute approximate surface area is 173 Å². The fourth-order valence-corrected chi connectivity index (χ4v) is 2.80. The summed E-state index contributed by atoms with van der Waals surface area (Å²) in [6, 6.07) is 0. The van der Waals surface area contributed by atoms with Gasteiger partial charge in [0, 0.05) is 6.42 Å². The Kier molecular flexibility index (Phi) is 21.8. The zero-order valence-corrected chi connectivity index (χ0v) is 19.0. The highest BCUT2D eigenvalue weighted by Crippen LogP contribution is 2.09. The number of unbranched alkanes of at least 4 members (excludes halogenated alkanes) is 11. The summed E-state index contributed by atoms with van der Waals surface area (Å²) in [5.74, 6) is -0.664. The zero-order valence-electron chi connectivity index (χ0n) is 18.2. The average molecular weight is 422 g/mol. The lowest BCUT2D eigenvalue weighted by atomic mass is 10.1. The van der Waals surface area contributed by atoms with Crippen molar-refractivity contribution in [1.82, 2.24) is 0 Å². The Bertz CT molecular complexity index is 475. The first kappa shape index (κ1) is 29.3. The number of rotatable bonds is 17. The van der Waals surface area contributed by atoms with Gasteiger partial charge >= 0.3 is 5.97 Å². The minimum Gasteiger partial charge on any atom is -0.481 e. The van der Waals surface area contributed by atoms with Crippen molar-refractivity contribution in [2.24, 2.45) is 5.73 Å². The van der Waals surface area contributed by atoms with Crippen molar-refractivity contribution in [3.05, 3.63) is 12.2 Å². The van der Waals surface area contributed by atoms with E-state index in [2.05, 4.69) is 23.3 Å². The molecule has 0 aromatic heterocycles. The Morgan fingerprint density at radius 1 is 0.929 bits per heavy atom. The van der Waals surface area contributed by atoms with Crippen LogP contribution in [0.2, 0.25) is 0 Å². The van der Waals surface area contributed by atoms with Crippen molar-refractivity contribution in [2.75, 3.05) is 7.11 Å². The second kappa shape index (κ2) is 20.8. The van der Waals surface area contributed by atoms with Crippen LogP contribution in [0.3, 0.4) is 0 Å². The van der Waals surface area contributed by atoms with Gasteiger partial charge in [-0.2, -0.15) is 8.42 Å². The number of aliphatic carboxylic acids is 1. The van der Waals surface area contributed by atoms with Gasteiger partial charge in [0.1, 0.15) is 5.37 Å². The van der Waals surface area contributed by atoms with Gasteiger partial charge in [-0.1, -0.05) is 70.4 Å². The quantitative estimate of drug-likeness (QED) is 0.186. The van der Waals surface area contributed by atoms with Crippen molar-refractivity contribution < 1.29 is 22.5 Å². The van der Waals surface area contributed by atoms with Crippen LogP contribution in [0.25, 0.3) is 0 Å². The number of carbonyl (C=O) groups is 1. The van der Waals surface area contributed by atoms with Gasteiger partial charge in [0.25, 0.3) is 10.1 Å². The third-order valence-corrected chi connectivity index (χ3v) is 5.72. The van der Waals surface area contributed by atoms with Gasteiger partial charge in [0.15, 0.2) is 0 Å². The Morgan fingerprint density at radius 2 is 1.36 bits per heavy atom. The van der Waals surface area contributed by atoms with E-state index in [0.29, 0.717) is 6.42 Å². The summed E-state index contributed by atoms with van der Waals surface area (Å²) in [7, 11) is -2.38. The first-order valence-electron chi connectivity index (χ1n) is 10.7. The van der Waals surface area contributed by atoms with E-state index in [1.165, 1.54) is 77.6 Å². The number of nitrogens with two attached hydrogens (primary N) is 1. The zero-order chi connectivity index (χ0) is 21.7. The number of allylic oxidation sites excluding steroid dienone is 2. The van der Waals surface area contributed by atoms with Crippen molar-refractivity contribution in [1.29, 1.82) is 0 Å². The Balaban J connectivity index is 0. The van der Waals surface area contributed by atoms with Crippen molar-refractivity contribution in [3.8, 4) is 0 Å². The molecule has 0 spiro atoms. The second-order valence-electron chi connectivity index (χ2n) is 7.09. The van der Waals surface area contributed by atoms with E-state index >= 15 is 0 Å². The fourth-order valence-electron chi connectivity index (χ4n) is 2.50. The smallest absolute Gasteiger partial charge is 0.303 e. The van der Waals surface area contributed by atoms with Gasteiger partial charge in [0.2, 0.25) is 0 Å². The summed E-state index contributed by atoms with van der Waals surface area (Å²) in [6.07, 6.45) is 21.2. The molecule has 1 atom stereocenters. The largest absolute Gasteiger partial charge is 0.481 e. The monoisotopic (exact) mass is 421 g/mol. The number of hydrogen-bond donors (Lipinski definition) is 2. The molecular weight excluding hydrogens is 378 g/mol. The molecule has 0 aliphatic heterocycles. The van der Waals surface area contributed by atoms with Gasteiger partial charge in [-0.3, -0.25) is 8.98 Å². The molecule has 7 heteroatoms. The van der Waals surface area contributed by atoms with Gasteiger partial charge < -0.3 is 10.8 Å². The van der Waals surface area contributed by atoms with Crippen LogP contribution in [0.15, 0.2) is 12.2 Å².